The Kier molecular flexibility index (Phi) is 3.96. The van der Waals surface area contributed by atoms with Crippen molar-refractivity contribution in [2.75, 3.05) is 5.32 Å². The van der Waals surface area contributed by atoms with Gasteiger partial charge < -0.3 is 5.32 Å². The summed E-state index contributed by atoms with van der Waals surface area (Å²) in [5.74, 6) is 0.620. The van der Waals surface area contributed by atoms with Gasteiger partial charge in [0.2, 0.25) is 0 Å². The summed E-state index contributed by atoms with van der Waals surface area (Å²) in [6.07, 6.45) is 1.48. The number of nitrogens with one attached hydrogen (secondary N) is 1. The predicted molar refractivity (Wildman–Crippen MR) is 83.6 cm³/mol. The lowest BCUT2D eigenvalue weighted by atomic mass is 10.1. The lowest BCUT2D eigenvalue weighted by Crippen LogP contribution is -1.98. The van der Waals surface area contributed by atoms with Crippen LogP contribution in [-0.4, -0.2) is 9.97 Å². The zero-order chi connectivity index (χ0) is 15.5. The SMILES string of the molecule is Cc1cccc2c(Nc3cc(CF)cc(CF)c3)ncnc12. The van der Waals surface area contributed by atoms with Gasteiger partial charge in [0, 0.05) is 11.1 Å². The van der Waals surface area contributed by atoms with Crippen LogP contribution >= 0.6 is 0 Å². The van der Waals surface area contributed by atoms with E-state index in [9.17, 15) is 8.78 Å². The number of rotatable bonds is 4. The van der Waals surface area contributed by atoms with Gasteiger partial charge in [-0.2, -0.15) is 0 Å². The third kappa shape index (κ3) is 2.74. The lowest BCUT2D eigenvalue weighted by Gasteiger charge is -2.11. The Bertz CT molecular complexity index is 796. The van der Waals surface area contributed by atoms with E-state index in [1.54, 1.807) is 12.1 Å². The second kappa shape index (κ2) is 6.05. The summed E-state index contributed by atoms with van der Waals surface area (Å²) in [5, 5.41) is 4.01. The number of anilines is 2. The molecule has 0 aliphatic carbocycles. The van der Waals surface area contributed by atoms with Crippen LogP contribution in [0, 0.1) is 6.92 Å². The molecule has 0 saturated carbocycles. The van der Waals surface area contributed by atoms with Crippen molar-refractivity contribution < 1.29 is 8.78 Å². The first-order valence-corrected chi connectivity index (χ1v) is 6.93. The van der Waals surface area contributed by atoms with E-state index >= 15 is 0 Å². The highest BCUT2D eigenvalue weighted by Gasteiger charge is 2.07. The second-order valence-electron chi connectivity index (χ2n) is 5.12. The van der Waals surface area contributed by atoms with Crippen LogP contribution in [0.25, 0.3) is 10.9 Å². The number of fused-ring (bicyclic) bond motifs is 1. The van der Waals surface area contributed by atoms with Gasteiger partial charge in [0.25, 0.3) is 0 Å². The van der Waals surface area contributed by atoms with Crippen molar-refractivity contribution in [3.05, 3.63) is 59.4 Å². The van der Waals surface area contributed by atoms with E-state index in [0.717, 1.165) is 16.5 Å². The summed E-state index contributed by atoms with van der Waals surface area (Å²) in [4.78, 5) is 8.52. The van der Waals surface area contributed by atoms with Crippen LogP contribution in [0.3, 0.4) is 0 Å². The first kappa shape index (κ1) is 14.4. The minimum atomic E-state index is -0.633. The number of hydrogen-bond donors (Lipinski definition) is 1. The van der Waals surface area contributed by atoms with Gasteiger partial charge in [-0.05, 0) is 41.8 Å². The third-order valence-electron chi connectivity index (χ3n) is 3.49. The van der Waals surface area contributed by atoms with E-state index in [-0.39, 0.29) is 0 Å². The summed E-state index contributed by atoms with van der Waals surface area (Å²) >= 11 is 0. The summed E-state index contributed by atoms with van der Waals surface area (Å²) < 4.78 is 25.8. The molecule has 0 bridgehead atoms. The van der Waals surface area contributed by atoms with Crippen LogP contribution in [0.15, 0.2) is 42.7 Å². The van der Waals surface area contributed by atoms with Gasteiger partial charge in [0.05, 0.1) is 5.52 Å². The molecular formula is C17H15F2N3. The molecule has 0 radical (unpaired) electrons. The number of nitrogens with zero attached hydrogens (tertiary/aromatic N) is 2. The molecule has 0 spiro atoms. The van der Waals surface area contributed by atoms with Crippen LogP contribution in [0.4, 0.5) is 20.3 Å². The fourth-order valence-corrected chi connectivity index (χ4v) is 2.46. The van der Waals surface area contributed by atoms with Gasteiger partial charge in [-0.25, -0.2) is 18.7 Å². The van der Waals surface area contributed by atoms with Crippen LogP contribution < -0.4 is 5.32 Å². The molecule has 1 aromatic heterocycles. The number of hydrogen-bond acceptors (Lipinski definition) is 3. The van der Waals surface area contributed by atoms with Crippen molar-refractivity contribution in [3.8, 4) is 0 Å². The molecule has 0 aliphatic heterocycles. The first-order chi connectivity index (χ1) is 10.7. The molecule has 3 nitrogen and oxygen atoms in total. The zero-order valence-corrected chi connectivity index (χ0v) is 12.1. The van der Waals surface area contributed by atoms with Crippen molar-refractivity contribution in [1.82, 2.24) is 9.97 Å². The van der Waals surface area contributed by atoms with E-state index < -0.39 is 13.3 Å². The number of alkyl halides is 2. The lowest BCUT2D eigenvalue weighted by molar-refractivity contribution is 0.475. The topological polar surface area (TPSA) is 37.8 Å². The molecule has 0 saturated heterocycles. The molecule has 1 heterocycles. The Morgan fingerprint density at radius 1 is 1.00 bits per heavy atom. The van der Waals surface area contributed by atoms with E-state index in [1.165, 1.54) is 12.4 Å². The Morgan fingerprint density at radius 2 is 1.73 bits per heavy atom. The average Bonchev–Trinajstić information content (AvgIpc) is 2.55. The summed E-state index contributed by atoms with van der Waals surface area (Å²) in [6, 6.07) is 10.7. The van der Waals surface area contributed by atoms with Gasteiger partial charge in [-0.15, -0.1) is 0 Å². The number of para-hydroxylation sites is 1. The molecule has 0 fully saturated rings. The van der Waals surface area contributed by atoms with Crippen LogP contribution in [0.1, 0.15) is 16.7 Å². The van der Waals surface area contributed by atoms with Gasteiger partial charge in [0.15, 0.2) is 0 Å². The summed E-state index contributed by atoms with van der Waals surface area (Å²) in [7, 11) is 0. The molecule has 22 heavy (non-hydrogen) atoms. The van der Waals surface area contributed by atoms with Crippen molar-refractivity contribution >= 4 is 22.4 Å². The normalized spacial score (nSPS) is 10.9. The minimum absolute atomic E-state index is 0.437. The maximum atomic E-state index is 12.9. The fourth-order valence-electron chi connectivity index (χ4n) is 2.46. The second-order valence-corrected chi connectivity index (χ2v) is 5.12. The fraction of sp³-hybridized carbons (Fsp3) is 0.176. The summed E-state index contributed by atoms with van der Waals surface area (Å²) in [6.45, 7) is 0.711. The number of aromatic nitrogens is 2. The first-order valence-electron chi connectivity index (χ1n) is 6.93. The van der Waals surface area contributed by atoms with Crippen molar-refractivity contribution in [2.24, 2.45) is 0 Å². The molecule has 0 unspecified atom stereocenters. The standard InChI is InChI=1S/C17H15F2N3/c1-11-3-2-4-15-16(11)20-10-21-17(15)22-14-6-12(8-18)5-13(7-14)9-19/h2-7,10H,8-9H2,1H3,(H,20,21,22). The van der Waals surface area contributed by atoms with Crippen molar-refractivity contribution in [2.45, 2.75) is 20.3 Å². The predicted octanol–water partition coefficient (Wildman–Crippen LogP) is 4.62. The number of halogens is 2. The third-order valence-corrected chi connectivity index (χ3v) is 3.49. The van der Waals surface area contributed by atoms with Gasteiger partial charge >= 0.3 is 0 Å². The van der Waals surface area contributed by atoms with Crippen LogP contribution in [0.2, 0.25) is 0 Å². The van der Waals surface area contributed by atoms with E-state index in [4.69, 9.17) is 0 Å². The highest BCUT2D eigenvalue weighted by atomic mass is 19.1. The Morgan fingerprint density at radius 3 is 2.41 bits per heavy atom. The quantitative estimate of drug-likeness (QED) is 0.763. The van der Waals surface area contributed by atoms with E-state index in [0.29, 0.717) is 22.6 Å². The summed E-state index contributed by atoms with van der Waals surface area (Å²) in [5.41, 5.74) is 3.39. The molecule has 0 amide bonds. The van der Waals surface area contributed by atoms with Crippen LogP contribution in [-0.2, 0) is 13.3 Å². The molecule has 0 aliphatic rings. The zero-order valence-electron chi connectivity index (χ0n) is 12.1. The minimum Gasteiger partial charge on any atom is -0.340 e. The Balaban J connectivity index is 2.05. The molecular weight excluding hydrogens is 284 g/mol. The molecule has 0 atom stereocenters. The average molecular weight is 299 g/mol. The number of benzene rings is 2. The Labute approximate surface area is 127 Å². The van der Waals surface area contributed by atoms with Gasteiger partial charge in [-0.3, -0.25) is 0 Å². The molecule has 1 N–H and O–H groups in total. The molecule has 3 aromatic rings. The largest absolute Gasteiger partial charge is 0.340 e. The van der Waals surface area contributed by atoms with Crippen LogP contribution in [0.5, 0.6) is 0 Å². The monoisotopic (exact) mass is 299 g/mol. The van der Waals surface area contributed by atoms with Crippen molar-refractivity contribution in [3.63, 3.8) is 0 Å². The molecule has 2 aromatic carbocycles. The maximum absolute atomic E-state index is 12.9. The number of aryl methyl sites for hydroxylation is 1. The van der Waals surface area contributed by atoms with E-state index in [1.807, 2.05) is 25.1 Å². The Hall–Kier alpha value is -2.56. The smallest absolute Gasteiger partial charge is 0.141 e. The highest BCUT2D eigenvalue weighted by Crippen LogP contribution is 2.26. The molecule has 5 heteroatoms. The van der Waals surface area contributed by atoms with Gasteiger partial charge in [-0.1, -0.05) is 18.2 Å². The molecule has 112 valence electrons. The maximum Gasteiger partial charge on any atom is 0.141 e. The highest BCUT2D eigenvalue weighted by molar-refractivity contribution is 5.92. The van der Waals surface area contributed by atoms with Gasteiger partial charge in [0.1, 0.15) is 25.5 Å². The van der Waals surface area contributed by atoms with E-state index in [2.05, 4.69) is 15.3 Å². The molecule has 3 rings (SSSR count). The van der Waals surface area contributed by atoms with Crippen molar-refractivity contribution in [1.29, 1.82) is 0 Å².